The van der Waals surface area contributed by atoms with Crippen LogP contribution >= 0.6 is 0 Å². The molecule has 0 aromatic heterocycles. The quantitative estimate of drug-likeness (QED) is 0.688. The van der Waals surface area contributed by atoms with Crippen LogP contribution in [0.1, 0.15) is 52.2 Å². The Bertz CT molecular complexity index is 326. The van der Waals surface area contributed by atoms with Crippen molar-refractivity contribution in [3.8, 4) is 0 Å². The fraction of sp³-hybridized carbons (Fsp3) is 0.500. The molecule has 0 unspecified atom stereocenters. The van der Waals surface area contributed by atoms with E-state index in [2.05, 4.69) is 42.7 Å². The second-order valence-corrected chi connectivity index (χ2v) is 3.54. The van der Waals surface area contributed by atoms with E-state index in [9.17, 15) is 0 Å². The van der Waals surface area contributed by atoms with Crippen LogP contribution in [0.25, 0.3) is 5.57 Å². The number of hydrogen-bond acceptors (Lipinski definition) is 1. The van der Waals surface area contributed by atoms with Gasteiger partial charge < -0.3 is 5.32 Å². The molecule has 96 valence electrons. The second kappa shape index (κ2) is 9.95. The monoisotopic (exact) mass is 233 g/mol. The summed E-state index contributed by atoms with van der Waals surface area (Å²) in [5, 5.41) is 3.32. The number of hydrogen-bond donors (Lipinski definition) is 1. The van der Waals surface area contributed by atoms with Crippen LogP contribution in [0.5, 0.6) is 0 Å². The molecule has 1 heterocycles. The van der Waals surface area contributed by atoms with E-state index in [0.717, 1.165) is 6.54 Å². The molecule has 0 spiro atoms. The van der Waals surface area contributed by atoms with E-state index in [0.29, 0.717) is 0 Å². The maximum atomic E-state index is 3.32. The van der Waals surface area contributed by atoms with Crippen LogP contribution in [0.4, 0.5) is 0 Å². The molecule has 2 rings (SSSR count). The Morgan fingerprint density at radius 3 is 2.35 bits per heavy atom. The van der Waals surface area contributed by atoms with Gasteiger partial charge in [0.15, 0.2) is 0 Å². The molecule has 1 aliphatic heterocycles. The van der Waals surface area contributed by atoms with Crippen molar-refractivity contribution in [3.63, 3.8) is 0 Å². The Hall–Kier alpha value is -1.24. The molecule has 0 saturated heterocycles. The first-order chi connectivity index (χ1) is 8.38. The zero-order valence-corrected chi connectivity index (χ0v) is 12.0. The molecule has 1 heteroatoms. The maximum absolute atomic E-state index is 3.32. The molecular weight excluding hydrogens is 206 g/mol. The molecule has 1 nitrogen and oxygen atoms in total. The van der Waals surface area contributed by atoms with E-state index in [1.165, 1.54) is 29.5 Å². The third-order valence-corrected chi connectivity index (χ3v) is 2.53. The first-order valence-electron chi connectivity index (χ1n) is 6.86. The minimum atomic E-state index is 1.09. The minimum absolute atomic E-state index is 1.09. The lowest BCUT2D eigenvalue weighted by molar-refractivity contribution is 0.745. The van der Waals surface area contributed by atoms with Gasteiger partial charge in [-0.3, -0.25) is 0 Å². The van der Waals surface area contributed by atoms with Crippen molar-refractivity contribution in [2.45, 2.75) is 47.5 Å². The Morgan fingerprint density at radius 1 is 1.00 bits per heavy atom. The van der Waals surface area contributed by atoms with Crippen LogP contribution in [0.3, 0.4) is 0 Å². The van der Waals surface area contributed by atoms with Gasteiger partial charge in [0.25, 0.3) is 0 Å². The molecule has 0 fully saturated rings. The molecule has 0 atom stereocenters. The molecule has 0 saturated carbocycles. The summed E-state index contributed by atoms with van der Waals surface area (Å²) in [6.07, 6.45) is 4.53. The zero-order valence-electron chi connectivity index (χ0n) is 12.0. The number of fused-ring (bicyclic) bond motifs is 1. The number of aryl methyl sites for hydroxylation is 1. The van der Waals surface area contributed by atoms with Gasteiger partial charge in [0.1, 0.15) is 0 Å². The van der Waals surface area contributed by atoms with Crippen molar-refractivity contribution >= 4 is 5.57 Å². The van der Waals surface area contributed by atoms with Gasteiger partial charge in [0, 0.05) is 6.54 Å². The average Bonchev–Trinajstić information content (AvgIpc) is 2.41. The van der Waals surface area contributed by atoms with Gasteiger partial charge in [-0.1, -0.05) is 52.0 Å². The standard InChI is InChI=1S/C12H15N.2C2H6/c1-10-9-13-8-4-6-11-5-2-3-7-12(10)11;2*1-2/h2-3,5,7,9,13H,4,6,8H2,1H3;2*1-2H3/b10-9-;;. The van der Waals surface area contributed by atoms with Gasteiger partial charge >= 0.3 is 0 Å². The normalized spacial score (nSPS) is 16.2. The van der Waals surface area contributed by atoms with Crippen LogP contribution in [-0.2, 0) is 6.42 Å². The Labute approximate surface area is 107 Å². The van der Waals surface area contributed by atoms with Gasteiger partial charge in [-0.25, -0.2) is 0 Å². The summed E-state index contributed by atoms with van der Waals surface area (Å²) in [7, 11) is 0. The average molecular weight is 233 g/mol. The third-order valence-electron chi connectivity index (χ3n) is 2.53. The van der Waals surface area contributed by atoms with E-state index in [1.54, 1.807) is 0 Å². The molecule has 0 aliphatic carbocycles. The van der Waals surface area contributed by atoms with Crippen LogP contribution in [0.15, 0.2) is 30.5 Å². The van der Waals surface area contributed by atoms with Crippen molar-refractivity contribution in [2.24, 2.45) is 0 Å². The Morgan fingerprint density at radius 2 is 1.65 bits per heavy atom. The maximum Gasteiger partial charge on any atom is 0.0144 e. The predicted molar refractivity (Wildman–Crippen MR) is 79.1 cm³/mol. The van der Waals surface area contributed by atoms with Gasteiger partial charge in [-0.15, -0.1) is 0 Å². The molecule has 1 aromatic rings. The zero-order chi connectivity index (χ0) is 13.1. The van der Waals surface area contributed by atoms with E-state index >= 15 is 0 Å². The van der Waals surface area contributed by atoms with Crippen LogP contribution in [-0.4, -0.2) is 6.54 Å². The summed E-state index contributed by atoms with van der Waals surface area (Å²) in [4.78, 5) is 0. The first kappa shape index (κ1) is 15.8. The first-order valence-corrected chi connectivity index (χ1v) is 6.86. The molecule has 1 aliphatic rings. The van der Waals surface area contributed by atoms with Gasteiger partial charge in [0.2, 0.25) is 0 Å². The Kier molecular flexibility index (Phi) is 9.22. The summed E-state index contributed by atoms with van der Waals surface area (Å²) >= 11 is 0. The van der Waals surface area contributed by atoms with Crippen LogP contribution in [0.2, 0.25) is 0 Å². The predicted octanol–water partition coefficient (Wildman–Crippen LogP) is 4.64. The summed E-state index contributed by atoms with van der Waals surface area (Å²) in [5.74, 6) is 0. The van der Waals surface area contributed by atoms with Crippen molar-refractivity contribution in [3.05, 3.63) is 41.6 Å². The van der Waals surface area contributed by atoms with E-state index in [4.69, 9.17) is 0 Å². The summed E-state index contributed by atoms with van der Waals surface area (Å²) < 4.78 is 0. The molecule has 17 heavy (non-hydrogen) atoms. The molecule has 1 aromatic carbocycles. The van der Waals surface area contributed by atoms with E-state index < -0.39 is 0 Å². The van der Waals surface area contributed by atoms with Gasteiger partial charge in [0.05, 0.1) is 0 Å². The lowest BCUT2D eigenvalue weighted by Gasteiger charge is -2.13. The summed E-state index contributed by atoms with van der Waals surface area (Å²) in [6.45, 7) is 11.3. The SMILES string of the molecule is C/C1=C/NCCCc2ccccc21.CC.CC. The highest BCUT2D eigenvalue weighted by molar-refractivity contribution is 5.66. The second-order valence-electron chi connectivity index (χ2n) is 3.54. The lowest BCUT2D eigenvalue weighted by Crippen LogP contribution is -2.11. The van der Waals surface area contributed by atoms with Crippen LogP contribution < -0.4 is 5.32 Å². The summed E-state index contributed by atoms with van der Waals surface area (Å²) in [5.41, 5.74) is 4.22. The number of allylic oxidation sites excluding steroid dienone is 1. The minimum Gasteiger partial charge on any atom is -0.391 e. The highest BCUT2D eigenvalue weighted by Gasteiger charge is 2.05. The van der Waals surface area contributed by atoms with Crippen molar-refractivity contribution in [2.75, 3.05) is 6.54 Å². The third kappa shape index (κ3) is 5.08. The number of benzene rings is 1. The van der Waals surface area contributed by atoms with Crippen molar-refractivity contribution in [1.82, 2.24) is 5.32 Å². The fourth-order valence-electron chi connectivity index (χ4n) is 1.81. The smallest absolute Gasteiger partial charge is 0.0144 e. The molecule has 0 radical (unpaired) electrons. The van der Waals surface area contributed by atoms with E-state index in [-0.39, 0.29) is 0 Å². The van der Waals surface area contributed by atoms with Gasteiger partial charge in [-0.2, -0.15) is 0 Å². The molecule has 1 N–H and O–H groups in total. The number of nitrogens with one attached hydrogen (secondary N) is 1. The van der Waals surface area contributed by atoms with Crippen LogP contribution in [0, 0.1) is 0 Å². The Balaban J connectivity index is 0.000000581. The fourth-order valence-corrected chi connectivity index (χ4v) is 1.81. The van der Waals surface area contributed by atoms with Gasteiger partial charge in [-0.05, 0) is 42.7 Å². The molecular formula is C16H27N. The molecule has 0 amide bonds. The number of rotatable bonds is 0. The summed E-state index contributed by atoms with van der Waals surface area (Å²) in [6, 6.07) is 8.67. The topological polar surface area (TPSA) is 12.0 Å². The van der Waals surface area contributed by atoms with Crippen molar-refractivity contribution in [1.29, 1.82) is 0 Å². The lowest BCUT2D eigenvalue weighted by atomic mass is 9.97. The highest BCUT2D eigenvalue weighted by atomic mass is 14.8. The highest BCUT2D eigenvalue weighted by Crippen LogP contribution is 2.20. The van der Waals surface area contributed by atoms with Crippen molar-refractivity contribution < 1.29 is 0 Å². The van der Waals surface area contributed by atoms with E-state index in [1.807, 2.05) is 27.7 Å². The molecule has 0 bridgehead atoms. The largest absolute Gasteiger partial charge is 0.391 e.